The first-order valence-corrected chi connectivity index (χ1v) is 8.87. The molecule has 138 valence electrons. The second kappa shape index (κ2) is 7.81. The molecular formula is C19H17BrN4O2S. The second-order valence-corrected chi connectivity index (χ2v) is 6.71. The average Bonchev–Trinajstić information content (AvgIpc) is 3.27. The fraction of sp³-hybridized carbons (Fsp3) is 0.0526. The van der Waals surface area contributed by atoms with Crippen LogP contribution in [0.4, 0.5) is 5.13 Å². The highest BCUT2D eigenvalue weighted by Gasteiger charge is 2.12. The highest BCUT2D eigenvalue weighted by Crippen LogP contribution is 2.29. The number of anilines is 1. The van der Waals surface area contributed by atoms with Crippen molar-refractivity contribution in [3.05, 3.63) is 65.2 Å². The van der Waals surface area contributed by atoms with Crippen LogP contribution >= 0.6 is 28.3 Å². The largest absolute Gasteiger partial charge is 0.507 e. The Morgan fingerprint density at radius 1 is 1.26 bits per heavy atom. The predicted octanol–water partition coefficient (Wildman–Crippen LogP) is 4.29. The number of primary amides is 1. The van der Waals surface area contributed by atoms with Crippen LogP contribution in [0.15, 0.2) is 54.0 Å². The molecule has 2 heterocycles. The molecular weight excluding hydrogens is 428 g/mol. The van der Waals surface area contributed by atoms with E-state index in [9.17, 15) is 9.90 Å². The van der Waals surface area contributed by atoms with Crippen molar-refractivity contribution in [3.8, 4) is 17.0 Å². The normalized spacial score (nSPS) is 10.5. The van der Waals surface area contributed by atoms with E-state index >= 15 is 0 Å². The highest BCUT2D eigenvalue weighted by molar-refractivity contribution is 8.93. The highest BCUT2D eigenvalue weighted by atomic mass is 79.9. The smallest absolute Gasteiger partial charge is 0.252 e. The van der Waals surface area contributed by atoms with Crippen molar-refractivity contribution in [1.82, 2.24) is 9.97 Å². The molecule has 0 atom stereocenters. The maximum absolute atomic E-state index is 11.4. The third-order valence-corrected chi connectivity index (χ3v) is 4.97. The number of fused-ring (bicyclic) bond motifs is 1. The van der Waals surface area contributed by atoms with E-state index in [0.717, 1.165) is 27.5 Å². The van der Waals surface area contributed by atoms with Gasteiger partial charge in [0.1, 0.15) is 5.75 Å². The van der Waals surface area contributed by atoms with E-state index in [1.165, 1.54) is 22.8 Å². The van der Waals surface area contributed by atoms with Crippen LogP contribution in [-0.4, -0.2) is 21.0 Å². The summed E-state index contributed by atoms with van der Waals surface area (Å²) in [5, 5.41) is 16.9. The van der Waals surface area contributed by atoms with Crippen molar-refractivity contribution in [2.75, 3.05) is 5.32 Å². The number of nitrogens with one attached hydrogen (secondary N) is 2. The van der Waals surface area contributed by atoms with Crippen LogP contribution in [0.5, 0.6) is 5.75 Å². The summed E-state index contributed by atoms with van der Waals surface area (Å²) in [6, 6.07) is 12.9. The summed E-state index contributed by atoms with van der Waals surface area (Å²) in [6.07, 6.45) is 1.99. The van der Waals surface area contributed by atoms with Crippen molar-refractivity contribution in [2.24, 2.45) is 5.73 Å². The van der Waals surface area contributed by atoms with Gasteiger partial charge in [-0.05, 0) is 29.8 Å². The van der Waals surface area contributed by atoms with Gasteiger partial charge in [-0.1, -0.05) is 18.2 Å². The molecule has 0 saturated carbocycles. The van der Waals surface area contributed by atoms with Gasteiger partial charge in [-0.15, -0.1) is 28.3 Å². The number of H-pyrrole nitrogens is 1. The van der Waals surface area contributed by atoms with E-state index in [-0.39, 0.29) is 28.3 Å². The molecule has 0 aliphatic rings. The van der Waals surface area contributed by atoms with Gasteiger partial charge in [0.15, 0.2) is 5.13 Å². The van der Waals surface area contributed by atoms with Gasteiger partial charge in [0.05, 0.1) is 11.3 Å². The van der Waals surface area contributed by atoms with E-state index in [2.05, 4.69) is 21.4 Å². The number of aromatic hydroxyl groups is 1. The van der Waals surface area contributed by atoms with Gasteiger partial charge in [-0.3, -0.25) is 4.79 Å². The summed E-state index contributed by atoms with van der Waals surface area (Å²) in [7, 11) is 0. The number of para-hydroxylation sites is 1. The Kier molecular flexibility index (Phi) is 5.48. The fourth-order valence-electron chi connectivity index (χ4n) is 2.83. The number of aromatic nitrogens is 2. The topological polar surface area (TPSA) is 104 Å². The molecule has 27 heavy (non-hydrogen) atoms. The first kappa shape index (κ1) is 18.9. The van der Waals surface area contributed by atoms with Crippen LogP contribution in [0.25, 0.3) is 22.2 Å². The lowest BCUT2D eigenvalue weighted by Gasteiger charge is -2.03. The number of halogens is 1. The van der Waals surface area contributed by atoms with Crippen LogP contribution in [-0.2, 0) is 6.54 Å². The molecule has 2 aromatic heterocycles. The van der Waals surface area contributed by atoms with Crippen molar-refractivity contribution in [3.63, 3.8) is 0 Å². The van der Waals surface area contributed by atoms with Crippen LogP contribution < -0.4 is 11.1 Å². The second-order valence-electron chi connectivity index (χ2n) is 5.85. The van der Waals surface area contributed by atoms with E-state index in [4.69, 9.17) is 5.73 Å². The van der Waals surface area contributed by atoms with E-state index in [1.54, 1.807) is 12.1 Å². The molecule has 6 nitrogen and oxygen atoms in total. The lowest BCUT2D eigenvalue weighted by molar-refractivity contribution is 0.0998. The first-order valence-electron chi connectivity index (χ1n) is 7.99. The first-order chi connectivity index (χ1) is 12.6. The minimum atomic E-state index is -0.669. The van der Waals surface area contributed by atoms with Gasteiger partial charge in [-0.25, -0.2) is 4.98 Å². The molecule has 2 aromatic carbocycles. The van der Waals surface area contributed by atoms with Gasteiger partial charge in [0, 0.05) is 34.6 Å². The number of thiazole rings is 1. The van der Waals surface area contributed by atoms with Crippen LogP contribution in [0.2, 0.25) is 0 Å². The Balaban J connectivity index is 0.00000210. The molecule has 0 saturated heterocycles. The summed E-state index contributed by atoms with van der Waals surface area (Å²) in [5.41, 5.74) is 9.09. The lowest BCUT2D eigenvalue weighted by atomic mass is 10.1. The van der Waals surface area contributed by atoms with Gasteiger partial charge in [0.25, 0.3) is 5.91 Å². The number of hydrogen-bond acceptors (Lipinski definition) is 5. The minimum absolute atomic E-state index is 0. The number of carbonyl (C=O) groups excluding carboxylic acids is 1. The zero-order valence-electron chi connectivity index (χ0n) is 14.1. The lowest BCUT2D eigenvalue weighted by Crippen LogP contribution is -2.11. The monoisotopic (exact) mass is 444 g/mol. The molecule has 1 amide bonds. The Bertz CT molecular complexity index is 1110. The number of nitrogens with two attached hydrogens (primary N) is 1. The molecule has 0 aliphatic heterocycles. The molecule has 0 spiro atoms. The zero-order valence-corrected chi connectivity index (χ0v) is 16.6. The number of aromatic amines is 1. The standard InChI is InChI=1S/C19H16N4O2S.BrH/c20-18(25)14-7-11(5-6-17(14)24)16-10-26-19(23-16)22-9-12-8-21-15-4-2-1-3-13(12)15;/h1-8,10,21,24H,9H2,(H2,20,25)(H,22,23);1H. The number of carbonyl (C=O) groups is 1. The maximum Gasteiger partial charge on any atom is 0.252 e. The van der Waals surface area contributed by atoms with Crippen molar-refractivity contribution < 1.29 is 9.90 Å². The molecule has 0 radical (unpaired) electrons. The number of amides is 1. The predicted molar refractivity (Wildman–Crippen MR) is 114 cm³/mol. The van der Waals surface area contributed by atoms with Crippen LogP contribution in [0, 0.1) is 0 Å². The minimum Gasteiger partial charge on any atom is -0.507 e. The summed E-state index contributed by atoms with van der Waals surface area (Å²) >= 11 is 1.48. The summed E-state index contributed by atoms with van der Waals surface area (Å²) < 4.78 is 0. The molecule has 4 aromatic rings. The molecule has 0 unspecified atom stereocenters. The molecule has 8 heteroatoms. The van der Waals surface area contributed by atoms with Gasteiger partial charge < -0.3 is 21.1 Å². The Morgan fingerprint density at radius 3 is 2.89 bits per heavy atom. The average molecular weight is 445 g/mol. The van der Waals surface area contributed by atoms with E-state index < -0.39 is 5.91 Å². The summed E-state index contributed by atoms with van der Waals surface area (Å²) in [5.74, 6) is -0.800. The third-order valence-electron chi connectivity index (χ3n) is 4.17. The van der Waals surface area contributed by atoms with Crippen molar-refractivity contribution in [1.29, 1.82) is 0 Å². The molecule has 0 fully saturated rings. The Labute approximate surface area is 169 Å². The van der Waals surface area contributed by atoms with E-state index in [0.29, 0.717) is 6.54 Å². The number of phenols is 1. The van der Waals surface area contributed by atoms with Crippen molar-refractivity contribution >= 4 is 50.3 Å². The van der Waals surface area contributed by atoms with Crippen LogP contribution in [0.3, 0.4) is 0 Å². The SMILES string of the molecule is Br.NC(=O)c1cc(-c2csc(NCc3c[nH]c4ccccc34)n2)ccc1O. The molecule has 0 bridgehead atoms. The quantitative estimate of drug-likeness (QED) is 0.368. The molecule has 5 N–H and O–H groups in total. The number of nitrogens with zero attached hydrogens (tertiary/aromatic N) is 1. The van der Waals surface area contributed by atoms with E-state index in [1.807, 2.05) is 29.8 Å². The maximum atomic E-state index is 11.4. The fourth-order valence-corrected chi connectivity index (χ4v) is 3.55. The van der Waals surface area contributed by atoms with Gasteiger partial charge >= 0.3 is 0 Å². The van der Waals surface area contributed by atoms with Crippen LogP contribution in [0.1, 0.15) is 15.9 Å². The van der Waals surface area contributed by atoms with Gasteiger partial charge in [0.2, 0.25) is 0 Å². The molecule has 4 rings (SSSR count). The number of benzene rings is 2. The number of hydrogen-bond donors (Lipinski definition) is 4. The Hall–Kier alpha value is -2.84. The summed E-state index contributed by atoms with van der Waals surface area (Å²) in [6.45, 7) is 0.652. The van der Waals surface area contributed by atoms with Gasteiger partial charge in [-0.2, -0.15) is 0 Å². The number of rotatable bonds is 5. The zero-order chi connectivity index (χ0) is 18.1. The van der Waals surface area contributed by atoms with Crippen molar-refractivity contribution in [2.45, 2.75) is 6.54 Å². The Morgan fingerprint density at radius 2 is 2.07 bits per heavy atom. The molecule has 0 aliphatic carbocycles. The third kappa shape index (κ3) is 3.81. The summed E-state index contributed by atoms with van der Waals surface area (Å²) in [4.78, 5) is 19.2.